The molecule has 0 unspecified atom stereocenters. The smallest absolute Gasteiger partial charge is 0.0347 e. The van der Waals surface area contributed by atoms with E-state index in [1.54, 1.807) is 11.8 Å². The Bertz CT molecular complexity index is 508. The summed E-state index contributed by atoms with van der Waals surface area (Å²) in [4.78, 5) is 2.47. The molecule has 0 aliphatic carbocycles. The zero-order valence-corrected chi connectivity index (χ0v) is 12.0. The van der Waals surface area contributed by atoms with Gasteiger partial charge >= 0.3 is 0 Å². The highest BCUT2D eigenvalue weighted by Gasteiger charge is 2.01. The van der Waals surface area contributed by atoms with E-state index in [-0.39, 0.29) is 0 Å². The van der Waals surface area contributed by atoms with Crippen LogP contribution in [0.1, 0.15) is 12.5 Å². The van der Waals surface area contributed by atoms with E-state index in [0.29, 0.717) is 0 Å². The van der Waals surface area contributed by atoms with Crippen molar-refractivity contribution >= 4 is 33.4 Å². The SMILES string of the molecule is CCc1cc(Sc2ccc(Br)cc2)ccc1N. The first-order chi connectivity index (χ1) is 8.19. The van der Waals surface area contributed by atoms with Gasteiger partial charge in [-0.25, -0.2) is 0 Å². The molecule has 2 aromatic rings. The minimum Gasteiger partial charge on any atom is -0.399 e. The van der Waals surface area contributed by atoms with Gasteiger partial charge in [0.25, 0.3) is 0 Å². The van der Waals surface area contributed by atoms with Gasteiger partial charge in [0.1, 0.15) is 0 Å². The molecule has 2 aromatic carbocycles. The highest BCUT2D eigenvalue weighted by molar-refractivity contribution is 9.10. The molecule has 0 aliphatic rings. The summed E-state index contributed by atoms with van der Waals surface area (Å²) in [5.74, 6) is 0. The molecule has 0 amide bonds. The largest absolute Gasteiger partial charge is 0.399 e. The maximum Gasteiger partial charge on any atom is 0.0347 e. The van der Waals surface area contributed by atoms with Gasteiger partial charge in [-0.15, -0.1) is 0 Å². The Kier molecular flexibility index (Phi) is 4.13. The van der Waals surface area contributed by atoms with Crippen LogP contribution in [0.3, 0.4) is 0 Å². The standard InChI is InChI=1S/C14H14BrNS/c1-2-10-9-13(7-8-14(10)16)17-12-5-3-11(15)4-6-12/h3-9H,2,16H2,1H3. The fourth-order valence-corrected chi connectivity index (χ4v) is 2.74. The van der Waals surface area contributed by atoms with E-state index in [4.69, 9.17) is 5.73 Å². The molecule has 0 bridgehead atoms. The maximum atomic E-state index is 5.90. The number of rotatable bonds is 3. The van der Waals surface area contributed by atoms with E-state index in [2.05, 4.69) is 59.3 Å². The van der Waals surface area contributed by atoms with Crippen molar-refractivity contribution in [2.45, 2.75) is 23.1 Å². The van der Waals surface area contributed by atoms with Crippen LogP contribution in [-0.4, -0.2) is 0 Å². The summed E-state index contributed by atoms with van der Waals surface area (Å²) in [6.45, 7) is 2.12. The van der Waals surface area contributed by atoms with Crippen LogP contribution in [-0.2, 0) is 6.42 Å². The molecule has 17 heavy (non-hydrogen) atoms. The lowest BCUT2D eigenvalue weighted by atomic mass is 10.1. The molecule has 0 aliphatic heterocycles. The Balaban J connectivity index is 2.21. The van der Waals surface area contributed by atoms with Gasteiger partial charge in [-0.05, 0) is 54.4 Å². The third-order valence-corrected chi connectivity index (χ3v) is 4.07. The minimum atomic E-state index is 0.882. The van der Waals surface area contributed by atoms with Gasteiger partial charge in [-0.3, -0.25) is 0 Å². The number of anilines is 1. The number of nitrogen functional groups attached to an aromatic ring is 1. The first kappa shape index (κ1) is 12.5. The summed E-state index contributed by atoms with van der Waals surface area (Å²) < 4.78 is 1.11. The second-order valence-electron chi connectivity index (χ2n) is 3.77. The molecule has 0 atom stereocenters. The molecule has 3 heteroatoms. The van der Waals surface area contributed by atoms with Crippen molar-refractivity contribution in [2.24, 2.45) is 0 Å². The van der Waals surface area contributed by atoms with Gasteiger partial charge < -0.3 is 5.73 Å². The average molecular weight is 308 g/mol. The van der Waals surface area contributed by atoms with Gasteiger partial charge in [0, 0.05) is 20.0 Å². The van der Waals surface area contributed by atoms with Crippen molar-refractivity contribution in [3.8, 4) is 0 Å². The zero-order valence-electron chi connectivity index (χ0n) is 9.61. The zero-order chi connectivity index (χ0) is 12.3. The number of aryl methyl sites for hydroxylation is 1. The minimum absolute atomic E-state index is 0.882. The molecule has 88 valence electrons. The fourth-order valence-electron chi connectivity index (χ4n) is 1.59. The van der Waals surface area contributed by atoms with Crippen LogP contribution in [0.4, 0.5) is 5.69 Å². The van der Waals surface area contributed by atoms with Gasteiger partial charge in [-0.1, -0.05) is 34.6 Å². The average Bonchev–Trinajstić information content (AvgIpc) is 2.34. The van der Waals surface area contributed by atoms with Crippen molar-refractivity contribution in [1.82, 2.24) is 0 Å². The van der Waals surface area contributed by atoms with Crippen molar-refractivity contribution < 1.29 is 0 Å². The van der Waals surface area contributed by atoms with Crippen LogP contribution in [0.5, 0.6) is 0 Å². The van der Waals surface area contributed by atoms with Gasteiger partial charge in [-0.2, -0.15) is 0 Å². The number of nitrogens with two attached hydrogens (primary N) is 1. The van der Waals surface area contributed by atoms with Crippen LogP contribution in [0.2, 0.25) is 0 Å². The lowest BCUT2D eigenvalue weighted by Crippen LogP contribution is -1.92. The Morgan fingerprint density at radius 2 is 1.71 bits per heavy atom. The molecule has 0 aromatic heterocycles. The molecular weight excluding hydrogens is 294 g/mol. The predicted molar refractivity (Wildman–Crippen MR) is 78.5 cm³/mol. The lowest BCUT2D eigenvalue weighted by Gasteiger charge is -2.06. The van der Waals surface area contributed by atoms with E-state index in [1.165, 1.54) is 15.4 Å². The van der Waals surface area contributed by atoms with E-state index in [1.807, 2.05) is 6.07 Å². The highest BCUT2D eigenvalue weighted by Crippen LogP contribution is 2.30. The number of benzene rings is 2. The molecule has 2 rings (SSSR count). The van der Waals surface area contributed by atoms with Gasteiger partial charge in [0.05, 0.1) is 0 Å². The van der Waals surface area contributed by atoms with E-state index in [9.17, 15) is 0 Å². The molecule has 0 saturated heterocycles. The maximum absolute atomic E-state index is 5.90. The van der Waals surface area contributed by atoms with E-state index in [0.717, 1.165) is 16.6 Å². The third kappa shape index (κ3) is 3.27. The molecular formula is C14H14BrNS. The Morgan fingerprint density at radius 1 is 1.06 bits per heavy atom. The van der Waals surface area contributed by atoms with Crippen molar-refractivity contribution in [3.63, 3.8) is 0 Å². The second-order valence-corrected chi connectivity index (χ2v) is 5.83. The molecule has 0 fully saturated rings. The van der Waals surface area contributed by atoms with Crippen LogP contribution < -0.4 is 5.73 Å². The van der Waals surface area contributed by atoms with Crippen molar-refractivity contribution in [1.29, 1.82) is 0 Å². The first-order valence-electron chi connectivity index (χ1n) is 5.51. The summed E-state index contributed by atoms with van der Waals surface area (Å²) >= 11 is 5.20. The normalized spacial score (nSPS) is 10.5. The second kappa shape index (κ2) is 5.61. The number of halogens is 1. The number of hydrogen-bond donors (Lipinski definition) is 1. The van der Waals surface area contributed by atoms with Crippen molar-refractivity contribution in [3.05, 3.63) is 52.5 Å². The first-order valence-corrected chi connectivity index (χ1v) is 7.12. The number of hydrogen-bond acceptors (Lipinski definition) is 2. The van der Waals surface area contributed by atoms with Crippen molar-refractivity contribution in [2.75, 3.05) is 5.73 Å². The molecule has 0 spiro atoms. The van der Waals surface area contributed by atoms with Crippen LogP contribution in [0, 0.1) is 0 Å². The Morgan fingerprint density at radius 3 is 2.35 bits per heavy atom. The van der Waals surface area contributed by atoms with Gasteiger partial charge in [0.2, 0.25) is 0 Å². The topological polar surface area (TPSA) is 26.0 Å². The molecule has 1 nitrogen and oxygen atoms in total. The fraction of sp³-hybridized carbons (Fsp3) is 0.143. The summed E-state index contributed by atoms with van der Waals surface area (Å²) in [6.07, 6.45) is 0.973. The predicted octanol–water partition coefficient (Wildman–Crippen LogP) is 4.74. The third-order valence-electron chi connectivity index (χ3n) is 2.54. The van der Waals surface area contributed by atoms with Crippen LogP contribution in [0.15, 0.2) is 56.7 Å². The molecule has 0 heterocycles. The van der Waals surface area contributed by atoms with Crippen LogP contribution in [0.25, 0.3) is 0 Å². The summed E-state index contributed by atoms with van der Waals surface area (Å²) in [5.41, 5.74) is 7.99. The molecule has 2 N–H and O–H groups in total. The summed E-state index contributed by atoms with van der Waals surface area (Å²) in [7, 11) is 0. The Labute approximate surface area is 115 Å². The molecule has 0 saturated carbocycles. The highest BCUT2D eigenvalue weighted by atomic mass is 79.9. The summed E-state index contributed by atoms with van der Waals surface area (Å²) in [5, 5.41) is 0. The lowest BCUT2D eigenvalue weighted by molar-refractivity contribution is 1.13. The quantitative estimate of drug-likeness (QED) is 0.828. The van der Waals surface area contributed by atoms with Gasteiger partial charge in [0.15, 0.2) is 0 Å². The summed E-state index contributed by atoms with van der Waals surface area (Å²) in [6, 6.07) is 14.6. The molecule has 0 radical (unpaired) electrons. The Hall–Kier alpha value is -0.930. The van der Waals surface area contributed by atoms with E-state index < -0.39 is 0 Å². The monoisotopic (exact) mass is 307 g/mol. The van der Waals surface area contributed by atoms with E-state index >= 15 is 0 Å². The van der Waals surface area contributed by atoms with Crippen LogP contribution >= 0.6 is 27.7 Å².